The Labute approximate surface area is 186 Å². The van der Waals surface area contributed by atoms with Gasteiger partial charge in [-0.2, -0.15) is 0 Å². The predicted octanol–water partition coefficient (Wildman–Crippen LogP) is 5.69. The monoisotopic (exact) mass is 425 g/mol. The Hall–Kier alpha value is -2.49. The Kier molecular flexibility index (Phi) is 11.7. The minimum Gasteiger partial charge on any atom is -0.303 e. The molecule has 0 aromatic heterocycles. The van der Waals surface area contributed by atoms with Gasteiger partial charge in [-0.1, -0.05) is 78.7 Å². The minimum atomic E-state index is 0. The van der Waals surface area contributed by atoms with E-state index in [1.54, 1.807) is 12.2 Å². The summed E-state index contributed by atoms with van der Waals surface area (Å²) >= 11 is 0. The van der Waals surface area contributed by atoms with E-state index in [0.29, 0.717) is 25.9 Å². The minimum absolute atomic E-state index is 0. The van der Waals surface area contributed by atoms with Crippen LogP contribution in [0.25, 0.3) is 12.2 Å². The van der Waals surface area contributed by atoms with Gasteiger partial charge in [0.05, 0.1) is 0 Å². The van der Waals surface area contributed by atoms with Gasteiger partial charge in [-0.05, 0) is 43.7 Å². The predicted molar refractivity (Wildman–Crippen MR) is 129 cm³/mol. The Bertz CT molecular complexity index is 780. The lowest BCUT2D eigenvalue weighted by molar-refractivity contribution is -0.114. The first-order valence-electron chi connectivity index (χ1n) is 10.2. The lowest BCUT2D eigenvalue weighted by atomic mass is 10.1. The van der Waals surface area contributed by atoms with Gasteiger partial charge in [-0.15, -0.1) is 12.4 Å². The molecule has 2 rings (SSSR count). The van der Waals surface area contributed by atoms with Crippen LogP contribution in [0.5, 0.6) is 0 Å². The number of rotatable bonds is 11. The van der Waals surface area contributed by atoms with Crippen molar-refractivity contribution in [2.75, 3.05) is 19.6 Å². The molecule has 0 spiro atoms. The van der Waals surface area contributed by atoms with Crippen LogP contribution in [0.2, 0.25) is 0 Å². The number of benzene rings is 2. The summed E-state index contributed by atoms with van der Waals surface area (Å²) in [6, 6.07) is 16.2. The Morgan fingerprint density at radius 3 is 1.43 bits per heavy atom. The highest BCUT2D eigenvalue weighted by atomic mass is 35.5. The van der Waals surface area contributed by atoms with Crippen LogP contribution in [0.4, 0.5) is 0 Å². The summed E-state index contributed by atoms with van der Waals surface area (Å²) in [5.41, 5.74) is 4.47. The van der Waals surface area contributed by atoms with E-state index in [2.05, 4.69) is 11.8 Å². The summed E-state index contributed by atoms with van der Waals surface area (Å²) in [7, 11) is 0. The van der Waals surface area contributed by atoms with Crippen LogP contribution in [-0.4, -0.2) is 36.1 Å². The SMILES string of the molecule is CCN(CCC(=O)/C=C/c1ccc(C)cc1)CCC(=O)/C=C/c1ccc(C)cc1.Cl. The number of hydrogen-bond acceptors (Lipinski definition) is 3. The second-order valence-electron chi connectivity index (χ2n) is 7.35. The van der Waals surface area contributed by atoms with E-state index in [1.165, 1.54) is 11.1 Å². The zero-order valence-corrected chi connectivity index (χ0v) is 19.0. The van der Waals surface area contributed by atoms with Crippen molar-refractivity contribution in [1.82, 2.24) is 4.90 Å². The standard InChI is InChI=1S/C26H31NO2.ClH/c1-4-27(19-17-25(28)15-13-23-9-5-21(2)6-10-23)20-18-26(29)16-14-24-11-7-22(3)8-12-24;/h5-16H,4,17-20H2,1-3H3;1H/b15-13+,16-14+;. The van der Waals surface area contributed by atoms with Gasteiger partial charge in [0.1, 0.15) is 0 Å². The van der Waals surface area contributed by atoms with Crippen LogP contribution >= 0.6 is 12.4 Å². The van der Waals surface area contributed by atoms with Crippen molar-refractivity contribution >= 4 is 36.1 Å². The maximum absolute atomic E-state index is 12.1. The highest BCUT2D eigenvalue weighted by molar-refractivity contribution is 5.94. The average Bonchev–Trinajstić information content (AvgIpc) is 2.73. The summed E-state index contributed by atoms with van der Waals surface area (Å²) < 4.78 is 0. The number of nitrogens with zero attached hydrogens (tertiary/aromatic N) is 1. The molecule has 3 nitrogen and oxygen atoms in total. The van der Waals surface area contributed by atoms with Gasteiger partial charge in [0.25, 0.3) is 0 Å². The van der Waals surface area contributed by atoms with Crippen molar-refractivity contribution in [2.24, 2.45) is 0 Å². The van der Waals surface area contributed by atoms with Crippen molar-refractivity contribution in [3.8, 4) is 0 Å². The molecule has 0 heterocycles. The van der Waals surface area contributed by atoms with Crippen molar-refractivity contribution in [1.29, 1.82) is 0 Å². The van der Waals surface area contributed by atoms with Crippen molar-refractivity contribution in [3.63, 3.8) is 0 Å². The second kappa shape index (κ2) is 13.7. The molecule has 0 aliphatic rings. The summed E-state index contributed by atoms with van der Waals surface area (Å²) in [6.45, 7) is 8.30. The van der Waals surface area contributed by atoms with Crippen molar-refractivity contribution in [3.05, 3.63) is 82.9 Å². The summed E-state index contributed by atoms with van der Waals surface area (Å²) in [5, 5.41) is 0. The van der Waals surface area contributed by atoms with Crippen LogP contribution in [0, 0.1) is 13.8 Å². The molecule has 0 aliphatic carbocycles. The van der Waals surface area contributed by atoms with Gasteiger partial charge in [0.15, 0.2) is 11.6 Å². The van der Waals surface area contributed by atoms with Crippen LogP contribution in [0.3, 0.4) is 0 Å². The molecule has 0 saturated heterocycles. The molecule has 0 radical (unpaired) electrons. The third kappa shape index (κ3) is 9.82. The lowest BCUT2D eigenvalue weighted by Crippen LogP contribution is -2.28. The first-order chi connectivity index (χ1) is 14.0. The molecule has 2 aromatic carbocycles. The van der Waals surface area contributed by atoms with Gasteiger partial charge in [0, 0.05) is 25.9 Å². The lowest BCUT2D eigenvalue weighted by Gasteiger charge is -2.18. The maximum Gasteiger partial charge on any atom is 0.156 e. The summed E-state index contributed by atoms with van der Waals surface area (Å²) in [5.74, 6) is 0.212. The molecule has 0 atom stereocenters. The number of halogens is 1. The molecule has 0 fully saturated rings. The number of aryl methyl sites for hydroxylation is 2. The Morgan fingerprint density at radius 2 is 1.10 bits per heavy atom. The molecule has 2 aromatic rings. The maximum atomic E-state index is 12.1. The fraction of sp³-hybridized carbons (Fsp3) is 0.308. The van der Waals surface area contributed by atoms with E-state index < -0.39 is 0 Å². The molecular weight excluding hydrogens is 394 g/mol. The molecule has 0 N–H and O–H groups in total. The average molecular weight is 426 g/mol. The quantitative estimate of drug-likeness (QED) is 0.434. The Morgan fingerprint density at radius 1 is 0.733 bits per heavy atom. The third-order valence-corrected chi connectivity index (χ3v) is 4.87. The zero-order chi connectivity index (χ0) is 21.1. The van der Waals surface area contributed by atoms with E-state index in [9.17, 15) is 9.59 Å². The van der Waals surface area contributed by atoms with Gasteiger partial charge in [0.2, 0.25) is 0 Å². The van der Waals surface area contributed by atoms with Crippen LogP contribution in [0.15, 0.2) is 60.7 Å². The molecule has 0 aliphatic heterocycles. The van der Waals surface area contributed by atoms with Crippen molar-refractivity contribution in [2.45, 2.75) is 33.6 Å². The van der Waals surface area contributed by atoms with E-state index in [1.807, 2.05) is 74.5 Å². The van der Waals surface area contributed by atoms with Crippen LogP contribution < -0.4 is 0 Å². The second-order valence-corrected chi connectivity index (χ2v) is 7.35. The molecule has 30 heavy (non-hydrogen) atoms. The van der Waals surface area contributed by atoms with E-state index >= 15 is 0 Å². The highest BCUT2D eigenvalue weighted by Crippen LogP contribution is 2.07. The third-order valence-electron chi connectivity index (χ3n) is 4.87. The fourth-order valence-corrected chi connectivity index (χ4v) is 2.86. The molecule has 0 unspecified atom stereocenters. The van der Waals surface area contributed by atoms with E-state index in [0.717, 1.165) is 17.7 Å². The molecular formula is C26H32ClNO2. The number of hydrogen-bond donors (Lipinski definition) is 0. The smallest absolute Gasteiger partial charge is 0.156 e. The normalized spacial score (nSPS) is 11.2. The number of allylic oxidation sites excluding steroid dienone is 2. The highest BCUT2D eigenvalue weighted by Gasteiger charge is 2.07. The van der Waals surface area contributed by atoms with Crippen LogP contribution in [0.1, 0.15) is 42.0 Å². The zero-order valence-electron chi connectivity index (χ0n) is 18.1. The number of carbonyl (C=O) groups is 2. The molecule has 0 saturated carbocycles. The number of ketones is 2. The van der Waals surface area contributed by atoms with Crippen molar-refractivity contribution < 1.29 is 9.59 Å². The van der Waals surface area contributed by atoms with Gasteiger partial charge < -0.3 is 4.90 Å². The fourth-order valence-electron chi connectivity index (χ4n) is 2.86. The largest absolute Gasteiger partial charge is 0.303 e. The topological polar surface area (TPSA) is 37.4 Å². The van der Waals surface area contributed by atoms with E-state index in [4.69, 9.17) is 0 Å². The first-order valence-corrected chi connectivity index (χ1v) is 10.2. The van der Waals surface area contributed by atoms with Gasteiger partial charge in [-0.3, -0.25) is 9.59 Å². The first kappa shape index (κ1) is 25.5. The molecule has 160 valence electrons. The summed E-state index contributed by atoms with van der Waals surface area (Å²) in [4.78, 5) is 26.4. The number of carbonyl (C=O) groups excluding carboxylic acids is 2. The molecule has 4 heteroatoms. The van der Waals surface area contributed by atoms with E-state index in [-0.39, 0.29) is 24.0 Å². The van der Waals surface area contributed by atoms with Gasteiger partial charge >= 0.3 is 0 Å². The summed E-state index contributed by atoms with van der Waals surface area (Å²) in [6.07, 6.45) is 7.93. The van der Waals surface area contributed by atoms with Gasteiger partial charge in [-0.25, -0.2) is 0 Å². The molecule has 0 bridgehead atoms. The van der Waals surface area contributed by atoms with Crippen LogP contribution in [-0.2, 0) is 9.59 Å². The Balaban J connectivity index is 0.00000450. The molecule has 0 amide bonds.